The van der Waals surface area contributed by atoms with Gasteiger partial charge in [-0.25, -0.2) is 4.79 Å². The predicted molar refractivity (Wildman–Crippen MR) is 94.9 cm³/mol. The van der Waals surface area contributed by atoms with Crippen LogP contribution < -0.4 is 10.8 Å². The summed E-state index contributed by atoms with van der Waals surface area (Å²) in [7, 11) is 1.16. The molecular weight excluding hydrogens is 350 g/mol. The van der Waals surface area contributed by atoms with E-state index in [0.29, 0.717) is 5.56 Å². The largest absolute Gasteiger partial charge is 0.510 e. The third-order valence-electron chi connectivity index (χ3n) is 3.97. The average Bonchev–Trinajstić information content (AvgIpc) is 2.44. The Morgan fingerprint density at radius 1 is 1.04 bits per heavy atom. The molecule has 0 spiro atoms. The second-order valence-corrected chi connectivity index (χ2v) is 7.10. The van der Waals surface area contributed by atoms with E-state index in [1.165, 1.54) is 13.8 Å². The normalized spacial score (nSPS) is 11.9. The molecule has 0 atom stereocenters. The number of rotatable bonds is 4. The van der Waals surface area contributed by atoms with Crippen molar-refractivity contribution in [3.05, 3.63) is 22.3 Å². The van der Waals surface area contributed by atoms with Gasteiger partial charge in [0.25, 0.3) is 0 Å². The van der Waals surface area contributed by atoms with E-state index in [2.05, 4.69) is 10.1 Å². The molecule has 0 aromatic heterocycles. The second kappa shape index (κ2) is 7.59. The van der Waals surface area contributed by atoms with Gasteiger partial charge in [-0.3, -0.25) is 10.1 Å². The van der Waals surface area contributed by atoms with Crippen molar-refractivity contribution in [2.75, 3.05) is 12.4 Å². The molecule has 0 fully saturated rings. The van der Waals surface area contributed by atoms with E-state index in [0.717, 1.165) is 7.11 Å². The van der Waals surface area contributed by atoms with Gasteiger partial charge in [0.2, 0.25) is 0 Å². The number of esters is 1. The van der Waals surface area contributed by atoms with Crippen molar-refractivity contribution in [1.82, 2.24) is 0 Å². The first-order chi connectivity index (χ1) is 11.7. The topological polar surface area (TPSA) is 64.6 Å². The molecule has 1 aromatic rings. The first kappa shape index (κ1) is 21.9. The van der Waals surface area contributed by atoms with Crippen molar-refractivity contribution in [2.45, 2.75) is 53.6 Å². The Kier molecular flexibility index (Phi) is 6.38. The molecule has 0 saturated carbocycles. The van der Waals surface area contributed by atoms with Gasteiger partial charge in [-0.05, 0) is 52.7 Å². The van der Waals surface area contributed by atoms with Gasteiger partial charge < -0.3 is 22.4 Å². The van der Waals surface area contributed by atoms with Gasteiger partial charge in [0.05, 0.1) is 13.5 Å². The van der Waals surface area contributed by atoms with Crippen LogP contribution in [0.4, 0.5) is 23.4 Å². The summed E-state index contributed by atoms with van der Waals surface area (Å²) in [6, 6.07) is 0. The molecule has 1 N–H and O–H groups in total. The SMILES string of the molecule is COC(=O)Cc1c(C)c(NC(=O)OC(C)(C)C)c(C)c([B-](F)(F)F)c1C. The number of hydrogen-bond donors (Lipinski definition) is 1. The van der Waals surface area contributed by atoms with Crippen LogP contribution in [-0.2, 0) is 20.7 Å². The number of ether oxygens (including phenoxy) is 2. The summed E-state index contributed by atoms with van der Waals surface area (Å²) >= 11 is 0. The van der Waals surface area contributed by atoms with Crippen molar-refractivity contribution in [1.29, 1.82) is 0 Å². The third kappa shape index (κ3) is 5.16. The number of hydrogen-bond acceptors (Lipinski definition) is 4. The molecule has 0 aliphatic carbocycles. The van der Waals surface area contributed by atoms with Gasteiger partial charge in [-0.15, -0.1) is 5.46 Å². The van der Waals surface area contributed by atoms with Crippen LogP contribution in [0.5, 0.6) is 0 Å². The zero-order valence-corrected chi connectivity index (χ0v) is 16.1. The van der Waals surface area contributed by atoms with Crippen LogP contribution in [0.3, 0.4) is 0 Å². The molecule has 0 bridgehead atoms. The molecule has 0 unspecified atom stereocenters. The quantitative estimate of drug-likeness (QED) is 0.644. The van der Waals surface area contributed by atoms with Crippen molar-refractivity contribution in [2.24, 2.45) is 0 Å². The first-order valence-electron chi connectivity index (χ1n) is 8.08. The first-order valence-corrected chi connectivity index (χ1v) is 8.08. The lowest BCUT2D eigenvalue weighted by atomic mass is 9.71. The van der Waals surface area contributed by atoms with Crippen LogP contribution in [0.1, 0.15) is 43.0 Å². The van der Waals surface area contributed by atoms with Gasteiger partial charge >= 0.3 is 19.0 Å². The van der Waals surface area contributed by atoms with E-state index in [1.807, 2.05) is 0 Å². The minimum Gasteiger partial charge on any atom is -0.469 e. The smallest absolute Gasteiger partial charge is 0.469 e. The van der Waals surface area contributed by atoms with E-state index in [1.54, 1.807) is 27.7 Å². The van der Waals surface area contributed by atoms with E-state index in [4.69, 9.17) is 4.74 Å². The Morgan fingerprint density at radius 2 is 1.58 bits per heavy atom. The van der Waals surface area contributed by atoms with Gasteiger partial charge in [-0.2, -0.15) is 0 Å². The fourth-order valence-corrected chi connectivity index (χ4v) is 2.86. The Labute approximate surface area is 151 Å². The highest BCUT2D eigenvalue weighted by molar-refractivity contribution is 6.74. The molecular formula is C17H24BF3NO4-. The Bertz CT molecular complexity index is 724. The number of halogens is 3. The van der Waals surface area contributed by atoms with Crippen molar-refractivity contribution >= 4 is 30.2 Å². The zero-order valence-electron chi connectivity index (χ0n) is 16.1. The number of methoxy groups -OCH3 is 1. The molecule has 1 amide bonds. The van der Waals surface area contributed by atoms with Crippen LogP contribution in [0.25, 0.3) is 0 Å². The van der Waals surface area contributed by atoms with Crippen molar-refractivity contribution in [3.8, 4) is 0 Å². The fraction of sp³-hybridized carbons (Fsp3) is 0.529. The predicted octanol–water partition coefficient (Wildman–Crippen LogP) is 3.73. The number of amides is 1. The van der Waals surface area contributed by atoms with Crippen LogP contribution in [0.2, 0.25) is 0 Å². The summed E-state index contributed by atoms with van der Waals surface area (Å²) < 4.78 is 50.6. The molecule has 5 nitrogen and oxygen atoms in total. The highest BCUT2D eigenvalue weighted by Crippen LogP contribution is 2.30. The molecule has 0 saturated heterocycles. The summed E-state index contributed by atoms with van der Waals surface area (Å²) in [5.74, 6) is -0.663. The van der Waals surface area contributed by atoms with Crippen LogP contribution in [0, 0.1) is 20.8 Å². The van der Waals surface area contributed by atoms with E-state index in [9.17, 15) is 22.5 Å². The standard InChI is InChI=1S/C17H24BF3NO4/c1-9-12(8-13(23)25-7)10(2)15(11(3)14(9)18(19,20)21)22-16(24)26-17(4,5)6/h8H2,1-7H3,(H,22,24)/q-1. The van der Waals surface area contributed by atoms with Crippen LogP contribution >= 0.6 is 0 Å². The maximum atomic E-state index is 13.6. The molecule has 1 aromatic carbocycles. The maximum Gasteiger partial charge on any atom is 0.510 e. The highest BCUT2D eigenvalue weighted by atomic mass is 19.4. The summed E-state index contributed by atoms with van der Waals surface area (Å²) in [6.07, 6.45) is -1.19. The third-order valence-corrected chi connectivity index (χ3v) is 3.97. The summed E-state index contributed by atoms with van der Waals surface area (Å²) in [5, 5.41) is 2.40. The molecule has 1 rings (SSSR count). The van der Waals surface area contributed by atoms with Gasteiger partial charge in [0, 0.05) is 5.69 Å². The summed E-state index contributed by atoms with van der Waals surface area (Å²) in [6.45, 7) is 3.76. The average molecular weight is 374 g/mol. The van der Waals surface area contributed by atoms with E-state index < -0.39 is 30.1 Å². The summed E-state index contributed by atoms with van der Waals surface area (Å²) in [5.41, 5.74) is -1.21. The lowest BCUT2D eigenvalue weighted by Crippen LogP contribution is -2.40. The number of carbonyl (C=O) groups excluding carboxylic acids is 2. The van der Waals surface area contributed by atoms with Gasteiger partial charge in [0.1, 0.15) is 5.60 Å². The number of carbonyl (C=O) groups is 2. The van der Waals surface area contributed by atoms with Crippen molar-refractivity contribution < 1.29 is 32.0 Å². The van der Waals surface area contributed by atoms with Crippen LogP contribution in [0.15, 0.2) is 0 Å². The molecule has 0 aliphatic rings. The minimum atomic E-state index is -5.35. The lowest BCUT2D eigenvalue weighted by molar-refractivity contribution is -0.139. The maximum absolute atomic E-state index is 13.6. The van der Waals surface area contributed by atoms with E-state index in [-0.39, 0.29) is 28.8 Å². The van der Waals surface area contributed by atoms with Gasteiger partial charge in [0.15, 0.2) is 0 Å². The highest BCUT2D eigenvalue weighted by Gasteiger charge is 2.33. The lowest BCUT2D eigenvalue weighted by Gasteiger charge is -2.28. The molecule has 26 heavy (non-hydrogen) atoms. The van der Waals surface area contributed by atoms with E-state index >= 15 is 0 Å². The Hall–Kier alpha value is -2.19. The molecule has 9 heteroatoms. The number of anilines is 1. The summed E-state index contributed by atoms with van der Waals surface area (Å²) in [4.78, 5) is 23.7. The molecule has 146 valence electrons. The number of nitrogens with one attached hydrogen (secondary N) is 1. The minimum absolute atomic E-state index is 0.00190. The molecule has 0 heterocycles. The molecule has 0 aliphatic heterocycles. The second-order valence-electron chi connectivity index (χ2n) is 7.10. The molecule has 0 radical (unpaired) electrons. The zero-order chi connectivity index (χ0) is 20.4. The van der Waals surface area contributed by atoms with Crippen molar-refractivity contribution in [3.63, 3.8) is 0 Å². The Balaban J connectivity index is 3.56. The van der Waals surface area contributed by atoms with Crippen LogP contribution in [-0.4, -0.2) is 31.8 Å². The number of benzene rings is 1. The Morgan fingerprint density at radius 3 is 2.00 bits per heavy atom. The fourth-order valence-electron chi connectivity index (χ4n) is 2.86. The monoisotopic (exact) mass is 374 g/mol. The van der Waals surface area contributed by atoms with Gasteiger partial charge in [-0.1, -0.05) is 11.1 Å².